The second kappa shape index (κ2) is 7.95. The number of aliphatic hydroxyl groups excluding tert-OH is 1. The van der Waals surface area contributed by atoms with Gasteiger partial charge in [-0.1, -0.05) is 11.6 Å². The zero-order valence-electron chi connectivity index (χ0n) is 10.5. The third-order valence-electron chi connectivity index (χ3n) is 2.60. The molecule has 18 heavy (non-hydrogen) atoms. The van der Waals surface area contributed by atoms with E-state index in [0.29, 0.717) is 10.6 Å². The third kappa shape index (κ3) is 4.55. The van der Waals surface area contributed by atoms with E-state index in [2.05, 4.69) is 10.6 Å². The Morgan fingerprint density at radius 3 is 2.72 bits per heavy atom. The van der Waals surface area contributed by atoms with Gasteiger partial charge in [0.15, 0.2) is 0 Å². The molecule has 0 spiro atoms. The van der Waals surface area contributed by atoms with Crippen molar-refractivity contribution in [3.05, 3.63) is 28.8 Å². The first-order valence-electron chi connectivity index (χ1n) is 6.05. The van der Waals surface area contributed by atoms with Crippen LogP contribution in [0.25, 0.3) is 0 Å². The van der Waals surface area contributed by atoms with Crippen LogP contribution >= 0.6 is 11.6 Å². The Kier molecular flexibility index (Phi) is 6.54. The highest BCUT2D eigenvalue weighted by molar-refractivity contribution is 6.34. The van der Waals surface area contributed by atoms with Gasteiger partial charge < -0.3 is 15.7 Å². The molecule has 1 aromatic rings. The maximum Gasteiger partial charge on any atom is 0.252 e. The molecule has 100 valence electrons. The van der Waals surface area contributed by atoms with E-state index in [1.165, 1.54) is 0 Å². The van der Waals surface area contributed by atoms with E-state index in [1.807, 2.05) is 6.07 Å². The van der Waals surface area contributed by atoms with Crippen molar-refractivity contribution in [2.24, 2.45) is 0 Å². The van der Waals surface area contributed by atoms with Gasteiger partial charge in [-0.3, -0.25) is 4.79 Å². The number of rotatable bonds is 7. The molecule has 1 rings (SSSR count). The van der Waals surface area contributed by atoms with Gasteiger partial charge in [0.05, 0.1) is 10.6 Å². The van der Waals surface area contributed by atoms with Crippen LogP contribution in [-0.2, 0) is 0 Å². The number of hydrogen-bond donors (Lipinski definition) is 3. The fraction of sp³-hybridized carbons (Fsp3) is 0.462. The van der Waals surface area contributed by atoms with Crippen LogP contribution in [0.15, 0.2) is 18.2 Å². The maximum absolute atomic E-state index is 11.4. The van der Waals surface area contributed by atoms with Gasteiger partial charge in [-0.25, -0.2) is 0 Å². The molecule has 0 saturated heterocycles. The highest BCUT2D eigenvalue weighted by Crippen LogP contribution is 2.21. The molecule has 0 aliphatic carbocycles. The van der Waals surface area contributed by atoms with Crippen molar-refractivity contribution >= 4 is 23.2 Å². The van der Waals surface area contributed by atoms with E-state index < -0.39 is 0 Å². The summed E-state index contributed by atoms with van der Waals surface area (Å²) < 4.78 is 0. The topological polar surface area (TPSA) is 61.4 Å². The molecule has 0 unspecified atom stereocenters. The van der Waals surface area contributed by atoms with Crippen LogP contribution < -0.4 is 10.6 Å². The Morgan fingerprint density at radius 2 is 2.11 bits per heavy atom. The number of halogens is 1. The van der Waals surface area contributed by atoms with E-state index in [1.54, 1.807) is 19.2 Å². The van der Waals surface area contributed by atoms with E-state index in [4.69, 9.17) is 16.7 Å². The summed E-state index contributed by atoms with van der Waals surface area (Å²) in [5.74, 6) is -0.186. The molecule has 0 bridgehead atoms. The van der Waals surface area contributed by atoms with Crippen LogP contribution in [0.1, 0.15) is 29.6 Å². The summed E-state index contributed by atoms with van der Waals surface area (Å²) in [5.41, 5.74) is 1.38. The number of nitrogens with one attached hydrogen (secondary N) is 2. The normalized spacial score (nSPS) is 10.2. The van der Waals surface area contributed by atoms with Gasteiger partial charge in [0.1, 0.15) is 0 Å². The van der Waals surface area contributed by atoms with Crippen molar-refractivity contribution in [1.29, 1.82) is 0 Å². The molecular weight excluding hydrogens is 252 g/mol. The van der Waals surface area contributed by atoms with Crippen molar-refractivity contribution in [2.45, 2.75) is 19.3 Å². The highest BCUT2D eigenvalue weighted by atomic mass is 35.5. The van der Waals surface area contributed by atoms with Crippen LogP contribution in [0, 0.1) is 0 Å². The monoisotopic (exact) mass is 270 g/mol. The van der Waals surface area contributed by atoms with Crippen molar-refractivity contribution in [1.82, 2.24) is 5.32 Å². The molecule has 1 aromatic carbocycles. The second-order valence-electron chi connectivity index (χ2n) is 3.98. The van der Waals surface area contributed by atoms with Crippen molar-refractivity contribution in [3.8, 4) is 0 Å². The van der Waals surface area contributed by atoms with Gasteiger partial charge >= 0.3 is 0 Å². The van der Waals surface area contributed by atoms with Crippen molar-refractivity contribution < 1.29 is 9.90 Å². The fourth-order valence-electron chi connectivity index (χ4n) is 1.59. The zero-order valence-corrected chi connectivity index (χ0v) is 11.3. The van der Waals surface area contributed by atoms with Gasteiger partial charge in [-0.2, -0.15) is 0 Å². The lowest BCUT2D eigenvalue weighted by atomic mass is 10.2. The van der Waals surface area contributed by atoms with E-state index in [-0.39, 0.29) is 12.5 Å². The van der Waals surface area contributed by atoms with E-state index in [0.717, 1.165) is 31.5 Å². The first kappa shape index (κ1) is 14.8. The molecule has 3 N–H and O–H groups in total. The number of hydrogen-bond acceptors (Lipinski definition) is 3. The Balaban J connectivity index is 2.49. The summed E-state index contributed by atoms with van der Waals surface area (Å²) in [4.78, 5) is 11.4. The number of unbranched alkanes of at least 4 members (excludes halogenated alkanes) is 2. The Bertz CT molecular complexity index is 397. The molecule has 0 fully saturated rings. The first-order valence-corrected chi connectivity index (χ1v) is 6.43. The number of carbonyl (C=O) groups excluding carboxylic acids is 1. The van der Waals surface area contributed by atoms with Crippen LogP contribution in [0.2, 0.25) is 5.02 Å². The lowest BCUT2D eigenvalue weighted by molar-refractivity contribution is 0.0963. The Labute approximate surface area is 112 Å². The highest BCUT2D eigenvalue weighted by Gasteiger charge is 2.08. The minimum Gasteiger partial charge on any atom is -0.396 e. The molecule has 0 aromatic heterocycles. The van der Waals surface area contributed by atoms with Gasteiger partial charge in [0.25, 0.3) is 5.91 Å². The number of benzene rings is 1. The van der Waals surface area contributed by atoms with Crippen LogP contribution in [-0.4, -0.2) is 31.2 Å². The van der Waals surface area contributed by atoms with Gasteiger partial charge in [-0.15, -0.1) is 0 Å². The summed E-state index contributed by atoms with van der Waals surface area (Å²) in [6.07, 6.45) is 2.82. The van der Waals surface area contributed by atoms with Crippen LogP contribution in [0.4, 0.5) is 5.69 Å². The van der Waals surface area contributed by atoms with Gasteiger partial charge in [0, 0.05) is 25.9 Å². The van der Waals surface area contributed by atoms with Crippen molar-refractivity contribution in [2.75, 3.05) is 25.5 Å². The van der Waals surface area contributed by atoms with E-state index >= 15 is 0 Å². The molecule has 4 nitrogen and oxygen atoms in total. The summed E-state index contributed by atoms with van der Waals surface area (Å²) >= 11 is 6.03. The molecule has 0 heterocycles. The maximum atomic E-state index is 11.4. The average Bonchev–Trinajstić information content (AvgIpc) is 2.38. The zero-order chi connectivity index (χ0) is 13.4. The predicted octanol–water partition coefficient (Wildman–Crippen LogP) is 2.27. The molecule has 5 heteroatoms. The SMILES string of the molecule is CNC(=O)c1ccc(NCCCCCO)cc1Cl. The van der Waals surface area contributed by atoms with Crippen LogP contribution in [0.5, 0.6) is 0 Å². The lowest BCUT2D eigenvalue weighted by Gasteiger charge is -2.08. The Hall–Kier alpha value is -1.26. The molecule has 0 aliphatic rings. The standard InChI is InChI=1S/C13H19ClN2O2/c1-15-13(18)11-6-5-10(9-12(11)14)16-7-3-2-4-8-17/h5-6,9,16-17H,2-4,7-8H2,1H3,(H,15,18). The lowest BCUT2D eigenvalue weighted by Crippen LogP contribution is -2.18. The number of carbonyl (C=O) groups is 1. The smallest absolute Gasteiger partial charge is 0.252 e. The van der Waals surface area contributed by atoms with Crippen molar-refractivity contribution in [3.63, 3.8) is 0 Å². The van der Waals surface area contributed by atoms with Gasteiger partial charge in [-0.05, 0) is 37.5 Å². The molecule has 0 saturated carbocycles. The third-order valence-corrected chi connectivity index (χ3v) is 2.92. The molecular formula is C13H19ClN2O2. The molecule has 0 atom stereocenters. The molecule has 0 radical (unpaired) electrons. The largest absolute Gasteiger partial charge is 0.396 e. The van der Waals surface area contributed by atoms with Gasteiger partial charge in [0.2, 0.25) is 0 Å². The predicted molar refractivity (Wildman–Crippen MR) is 74.3 cm³/mol. The Morgan fingerprint density at radius 1 is 1.33 bits per heavy atom. The average molecular weight is 271 g/mol. The summed E-state index contributed by atoms with van der Waals surface area (Å²) in [6.45, 7) is 1.07. The van der Waals surface area contributed by atoms with Crippen LogP contribution in [0.3, 0.4) is 0 Å². The fourth-order valence-corrected chi connectivity index (χ4v) is 1.86. The second-order valence-corrected chi connectivity index (χ2v) is 4.39. The van der Waals surface area contributed by atoms with E-state index in [9.17, 15) is 4.79 Å². The number of aliphatic hydroxyl groups is 1. The quantitative estimate of drug-likeness (QED) is 0.666. The summed E-state index contributed by atoms with van der Waals surface area (Å²) in [5, 5.41) is 14.9. The summed E-state index contributed by atoms with van der Waals surface area (Å²) in [6, 6.07) is 5.29. The molecule has 1 amide bonds. The number of amides is 1. The minimum atomic E-state index is -0.186. The molecule has 0 aliphatic heterocycles. The number of anilines is 1. The minimum absolute atomic E-state index is 0.186. The summed E-state index contributed by atoms with van der Waals surface area (Å²) in [7, 11) is 1.58. The first-order chi connectivity index (χ1) is 8.69.